The molecule has 0 N–H and O–H groups in total. The Morgan fingerprint density at radius 2 is 1.50 bits per heavy atom. The summed E-state index contributed by atoms with van der Waals surface area (Å²) < 4.78 is 71.7. The number of rotatable bonds is 6. The molecule has 0 saturated carbocycles. The second kappa shape index (κ2) is 7.10. The molecule has 0 aliphatic carbocycles. The molecule has 5 nitrogen and oxygen atoms in total. The summed E-state index contributed by atoms with van der Waals surface area (Å²) in [7, 11) is -4.45. The van der Waals surface area contributed by atoms with Gasteiger partial charge in [0.05, 0.1) is 5.69 Å². The van der Waals surface area contributed by atoms with Crippen molar-refractivity contribution in [2.75, 3.05) is 18.1 Å². The van der Waals surface area contributed by atoms with E-state index in [9.17, 15) is 21.6 Å². The minimum Gasteiger partial charge on any atom is -0.457 e. The summed E-state index contributed by atoms with van der Waals surface area (Å²) >= 11 is 0. The van der Waals surface area contributed by atoms with E-state index in [2.05, 4.69) is 4.74 Å². The van der Waals surface area contributed by atoms with Gasteiger partial charge in [-0.2, -0.15) is 21.6 Å². The number of ether oxygens (including phenoxy) is 2. The number of anilines is 1. The molecular weight excluding hydrogens is 347 g/mol. The molecule has 0 aliphatic rings. The van der Waals surface area contributed by atoms with Crippen molar-refractivity contribution in [3.8, 4) is 11.5 Å². The summed E-state index contributed by atoms with van der Waals surface area (Å²) in [6.45, 7) is -0.763. The van der Waals surface area contributed by atoms with Crippen molar-refractivity contribution in [2.24, 2.45) is 0 Å². The monoisotopic (exact) mass is 361 g/mol. The zero-order valence-corrected chi connectivity index (χ0v) is 13.3. The van der Waals surface area contributed by atoms with Crippen LogP contribution in [0.15, 0.2) is 54.6 Å². The minimum absolute atomic E-state index is 0.138. The largest absolute Gasteiger partial charge is 0.516 e. The number of hydrogen-bond donors (Lipinski definition) is 0. The molecule has 0 spiro atoms. The van der Waals surface area contributed by atoms with Crippen LogP contribution in [-0.2, 0) is 14.8 Å². The summed E-state index contributed by atoms with van der Waals surface area (Å²) in [5.41, 5.74) is -5.61. The molecule has 0 aliphatic heterocycles. The maximum absolute atomic E-state index is 12.7. The number of hydrogen-bond acceptors (Lipinski definition) is 4. The van der Waals surface area contributed by atoms with Crippen LogP contribution in [0.3, 0.4) is 0 Å². The number of halogens is 3. The molecule has 0 unspecified atom stereocenters. The van der Waals surface area contributed by atoms with Gasteiger partial charge in [0.25, 0.3) is 0 Å². The number of para-hydroxylation sites is 1. The molecular formula is C15H14F3NO4S. The first-order valence-electron chi connectivity index (χ1n) is 6.66. The van der Waals surface area contributed by atoms with Gasteiger partial charge >= 0.3 is 15.5 Å². The Balaban J connectivity index is 2.26. The maximum atomic E-state index is 12.7. The van der Waals surface area contributed by atoms with Gasteiger partial charge in [0, 0.05) is 7.11 Å². The van der Waals surface area contributed by atoms with Crippen molar-refractivity contribution < 1.29 is 31.1 Å². The lowest BCUT2D eigenvalue weighted by Gasteiger charge is -2.24. The maximum Gasteiger partial charge on any atom is 0.516 e. The van der Waals surface area contributed by atoms with Crippen LogP contribution in [0, 0.1) is 0 Å². The Bertz CT molecular complexity index is 762. The lowest BCUT2D eigenvalue weighted by molar-refractivity contribution is -0.0443. The molecule has 0 fully saturated rings. The summed E-state index contributed by atoms with van der Waals surface area (Å²) in [4.78, 5) is 0. The van der Waals surface area contributed by atoms with Gasteiger partial charge in [0.1, 0.15) is 18.2 Å². The molecule has 0 heterocycles. The smallest absolute Gasteiger partial charge is 0.457 e. The lowest BCUT2D eigenvalue weighted by atomic mass is 10.3. The first kappa shape index (κ1) is 18.1. The van der Waals surface area contributed by atoms with Crippen LogP contribution < -0.4 is 9.04 Å². The summed E-state index contributed by atoms with van der Waals surface area (Å²) in [6, 6.07) is 13.9. The van der Waals surface area contributed by atoms with Crippen molar-refractivity contribution in [3.63, 3.8) is 0 Å². The molecule has 9 heteroatoms. The van der Waals surface area contributed by atoms with Crippen molar-refractivity contribution >= 4 is 15.7 Å². The average Bonchev–Trinajstić information content (AvgIpc) is 2.53. The predicted molar refractivity (Wildman–Crippen MR) is 82.3 cm³/mol. The Kier molecular flexibility index (Phi) is 5.35. The molecule has 0 bridgehead atoms. The first-order valence-corrected chi connectivity index (χ1v) is 8.10. The van der Waals surface area contributed by atoms with E-state index in [-0.39, 0.29) is 9.99 Å². The zero-order chi connectivity index (χ0) is 17.8. The van der Waals surface area contributed by atoms with Gasteiger partial charge in [0.15, 0.2) is 0 Å². The van der Waals surface area contributed by atoms with Crippen LogP contribution >= 0.6 is 0 Å². The van der Waals surface area contributed by atoms with E-state index in [1.807, 2.05) is 0 Å². The summed E-state index contributed by atoms with van der Waals surface area (Å²) in [6.07, 6.45) is 0. The highest BCUT2D eigenvalue weighted by Crippen LogP contribution is 2.32. The average molecular weight is 361 g/mol. The van der Waals surface area contributed by atoms with Gasteiger partial charge in [-0.3, -0.25) is 0 Å². The Labute approximate surface area is 137 Å². The predicted octanol–water partition coefficient (Wildman–Crippen LogP) is 3.74. The van der Waals surface area contributed by atoms with Crippen LogP contribution in [0.1, 0.15) is 0 Å². The molecule has 24 heavy (non-hydrogen) atoms. The van der Waals surface area contributed by atoms with Crippen molar-refractivity contribution in [1.82, 2.24) is 0 Å². The molecule has 0 atom stereocenters. The van der Waals surface area contributed by atoms with Gasteiger partial charge in [-0.05, 0) is 36.4 Å². The van der Waals surface area contributed by atoms with Crippen molar-refractivity contribution in [1.29, 1.82) is 0 Å². The molecule has 130 valence electrons. The van der Waals surface area contributed by atoms with E-state index in [0.29, 0.717) is 11.5 Å². The topological polar surface area (TPSA) is 55.8 Å². The molecule has 2 aromatic carbocycles. The Hall–Kier alpha value is -2.26. The normalized spacial score (nSPS) is 12.0. The van der Waals surface area contributed by atoms with Crippen LogP contribution in [0.25, 0.3) is 0 Å². The Morgan fingerprint density at radius 1 is 0.958 bits per heavy atom. The standard InChI is InChI=1S/C15H14F3NO4S/c1-22-11-19(24(20,21)15(16,17)18)12-7-9-14(10-8-12)23-13-5-3-2-4-6-13/h2-10H,11H2,1H3. The quantitative estimate of drug-likeness (QED) is 0.736. The second-order valence-electron chi connectivity index (χ2n) is 4.63. The fourth-order valence-electron chi connectivity index (χ4n) is 1.83. The summed E-state index contributed by atoms with van der Waals surface area (Å²) in [5, 5.41) is 0. The van der Waals surface area contributed by atoms with Gasteiger partial charge < -0.3 is 9.47 Å². The number of sulfonamides is 1. The van der Waals surface area contributed by atoms with Crippen molar-refractivity contribution in [3.05, 3.63) is 54.6 Å². The van der Waals surface area contributed by atoms with Crippen LogP contribution in [0.2, 0.25) is 0 Å². The number of benzene rings is 2. The summed E-state index contributed by atoms with van der Waals surface area (Å²) in [5.74, 6) is 0.897. The highest BCUT2D eigenvalue weighted by atomic mass is 32.2. The molecule has 0 radical (unpaired) electrons. The van der Waals surface area contributed by atoms with E-state index in [1.165, 1.54) is 24.3 Å². The third kappa shape index (κ3) is 3.98. The van der Waals surface area contributed by atoms with E-state index < -0.39 is 22.3 Å². The van der Waals surface area contributed by atoms with Gasteiger partial charge in [-0.15, -0.1) is 0 Å². The first-order chi connectivity index (χ1) is 11.3. The van der Waals surface area contributed by atoms with Gasteiger partial charge in [0.2, 0.25) is 0 Å². The van der Waals surface area contributed by atoms with Gasteiger partial charge in [-0.1, -0.05) is 18.2 Å². The SMILES string of the molecule is COCN(c1ccc(Oc2ccccc2)cc1)S(=O)(=O)C(F)(F)F. The third-order valence-electron chi connectivity index (χ3n) is 2.93. The molecule has 0 saturated heterocycles. The van der Waals surface area contributed by atoms with Crippen LogP contribution in [0.5, 0.6) is 11.5 Å². The fourth-order valence-corrected chi connectivity index (χ4v) is 2.72. The molecule has 0 aromatic heterocycles. The lowest BCUT2D eigenvalue weighted by Crippen LogP contribution is -2.41. The fraction of sp³-hybridized carbons (Fsp3) is 0.200. The van der Waals surface area contributed by atoms with E-state index in [0.717, 1.165) is 7.11 Å². The minimum atomic E-state index is -5.56. The van der Waals surface area contributed by atoms with Crippen LogP contribution in [0.4, 0.5) is 18.9 Å². The second-order valence-corrected chi connectivity index (χ2v) is 6.48. The number of methoxy groups -OCH3 is 1. The Morgan fingerprint density at radius 3 is 2.00 bits per heavy atom. The van der Waals surface area contributed by atoms with E-state index >= 15 is 0 Å². The third-order valence-corrected chi connectivity index (χ3v) is 4.41. The van der Waals surface area contributed by atoms with E-state index in [4.69, 9.17) is 4.74 Å². The van der Waals surface area contributed by atoms with Crippen LogP contribution in [-0.4, -0.2) is 27.8 Å². The number of alkyl halides is 3. The number of nitrogens with zero attached hydrogens (tertiary/aromatic N) is 1. The van der Waals surface area contributed by atoms with Gasteiger partial charge in [-0.25, -0.2) is 4.31 Å². The van der Waals surface area contributed by atoms with E-state index in [1.54, 1.807) is 30.3 Å². The van der Waals surface area contributed by atoms with Crippen molar-refractivity contribution in [2.45, 2.75) is 5.51 Å². The highest BCUT2D eigenvalue weighted by molar-refractivity contribution is 7.93. The highest BCUT2D eigenvalue weighted by Gasteiger charge is 2.50. The zero-order valence-electron chi connectivity index (χ0n) is 12.5. The molecule has 2 aromatic rings. The molecule has 0 amide bonds. The molecule has 2 rings (SSSR count).